The number of nitrogens with two attached hydrogens (primary N) is 1. The van der Waals surface area contributed by atoms with Crippen molar-refractivity contribution in [3.63, 3.8) is 0 Å². The predicted octanol–water partition coefficient (Wildman–Crippen LogP) is 2.52. The van der Waals surface area contributed by atoms with E-state index in [9.17, 15) is 18.0 Å². The molecule has 0 aliphatic rings. The SMILES string of the molecule is CC(C)N(CCCO)C(=O)c1ccc(N)c(C(F)(F)F)c1. The van der Waals surface area contributed by atoms with Gasteiger partial charge in [-0.1, -0.05) is 0 Å². The Hall–Kier alpha value is -1.76. The van der Waals surface area contributed by atoms with Gasteiger partial charge in [0.05, 0.1) is 5.56 Å². The molecule has 1 amide bonds. The second-order valence-corrected chi connectivity index (χ2v) is 4.97. The Kier molecular flexibility index (Phi) is 5.60. The number of anilines is 1. The Morgan fingerprint density at radius 2 is 2.00 bits per heavy atom. The molecule has 0 radical (unpaired) electrons. The van der Waals surface area contributed by atoms with Crippen LogP contribution in [-0.2, 0) is 6.18 Å². The Labute approximate surface area is 121 Å². The van der Waals surface area contributed by atoms with Gasteiger partial charge in [-0.05, 0) is 38.5 Å². The van der Waals surface area contributed by atoms with Crippen molar-refractivity contribution in [2.45, 2.75) is 32.5 Å². The van der Waals surface area contributed by atoms with Crippen LogP contribution in [0.2, 0.25) is 0 Å². The van der Waals surface area contributed by atoms with Crippen LogP contribution in [0, 0.1) is 0 Å². The zero-order valence-corrected chi connectivity index (χ0v) is 11.9. The van der Waals surface area contributed by atoms with E-state index in [1.54, 1.807) is 13.8 Å². The zero-order valence-electron chi connectivity index (χ0n) is 11.9. The number of carbonyl (C=O) groups excluding carboxylic acids is 1. The summed E-state index contributed by atoms with van der Waals surface area (Å²) in [6.07, 6.45) is -4.24. The molecule has 0 aromatic heterocycles. The van der Waals surface area contributed by atoms with Crippen LogP contribution in [0.5, 0.6) is 0 Å². The number of halogens is 3. The molecule has 0 saturated carbocycles. The third-order valence-corrected chi connectivity index (χ3v) is 3.05. The molecule has 7 heteroatoms. The summed E-state index contributed by atoms with van der Waals surface area (Å²) in [7, 11) is 0. The molecule has 0 heterocycles. The van der Waals surface area contributed by atoms with Crippen LogP contribution in [0.15, 0.2) is 18.2 Å². The number of nitrogen functional groups attached to an aromatic ring is 1. The van der Waals surface area contributed by atoms with Gasteiger partial charge >= 0.3 is 6.18 Å². The maximum Gasteiger partial charge on any atom is 0.418 e. The molecule has 1 aromatic rings. The normalized spacial score (nSPS) is 11.8. The van der Waals surface area contributed by atoms with Gasteiger partial charge < -0.3 is 15.7 Å². The minimum absolute atomic E-state index is 0.0665. The smallest absolute Gasteiger partial charge is 0.398 e. The van der Waals surface area contributed by atoms with Gasteiger partial charge in [-0.25, -0.2) is 0 Å². The van der Waals surface area contributed by atoms with Crippen LogP contribution < -0.4 is 5.73 Å². The summed E-state index contributed by atoms with van der Waals surface area (Å²) in [5.74, 6) is -0.510. The van der Waals surface area contributed by atoms with E-state index in [0.29, 0.717) is 6.42 Å². The van der Waals surface area contributed by atoms with E-state index in [-0.39, 0.29) is 24.8 Å². The monoisotopic (exact) mass is 304 g/mol. The Morgan fingerprint density at radius 1 is 1.38 bits per heavy atom. The van der Waals surface area contributed by atoms with Crippen LogP contribution in [0.1, 0.15) is 36.2 Å². The molecule has 0 bridgehead atoms. The molecule has 21 heavy (non-hydrogen) atoms. The zero-order chi connectivity index (χ0) is 16.2. The summed E-state index contributed by atoms with van der Waals surface area (Å²) >= 11 is 0. The van der Waals surface area contributed by atoms with Gasteiger partial charge in [0.15, 0.2) is 0 Å². The molecule has 0 aliphatic heterocycles. The van der Waals surface area contributed by atoms with E-state index in [1.807, 2.05) is 0 Å². The molecule has 1 rings (SSSR count). The first-order chi connectivity index (χ1) is 9.68. The van der Waals surface area contributed by atoms with Crippen molar-refractivity contribution in [1.29, 1.82) is 0 Å². The average molecular weight is 304 g/mol. The first-order valence-electron chi connectivity index (χ1n) is 6.57. The third-order valence-electron chi connectivity index (χ3n) is 3.05. The molecule has 4 nitrogen and oxygen atoms in total. The summed E-state index contributed by atoms with van der Waals surface area (Å²) in [6, 6.07) is 2.95. The fourth-order valence-electron chi connectivity index (χ4n) is 1.94. The number of benzene rings is 1. The number of carbonyl (C=O) groups is 1. The van der Waals surface area contributed by atoms with Gasteiger partial charge in [-0.2, -0.15) is 13.2 Å². The fraction of sp³-hybridized carbons (Fsp3) is 0.500. The quantitative estimate of drug-likeness (QED) is 0.821. The highest BCUT2D eigenvalue weighted by molar-refractivity contribution is 5.95. The van der Waals surface area contributed by atoms with Crippen molar-refractivity contribution in [2.24, 2.45) is 0 Å². The highest BCUT2D eigenvalue weighted by Crippen LogP contribution is 2.34. The molecule has 0 unspecified atom stereocenters. The minimum Gasteiger partial charge on any atom is -0.398 e. The highest BCUT2D eigenvalue weighted by Gasteiger charge is 2.34. The van der Waals surface area contributed by atoms with Gasteiger partial charge in [-0.15, -0.1) is 0 Å². The fourth-order valence-corrected chi connectivity index (χ4v) is 1.94. The van der Waals surface area contributed by atoms with Crippen LogP contribution in [0.4, 0.5) is 18.9 Å². The van der Waals surface area contributed by atoms with Crippen LogP contribution in [-0.4, -0.2) is 35.1 Å². The van der Waals surface area contributed by atoms with Crippen molar-refractivity contribution in [2.75, 3.05) is 18.9 Å². The molecule has 0 atom stereocenters. The number of aliphatic hydroxyl groups is 1. The lowest BCUT2D eigenvalue weighted by atomic mass is 10.1. The standard InChI is InChI=1S/C14H19F3N2O2/c1-9(2)19(6-3-7-20)13(21)10-4-5-12(18)11(8-10)14(15,16)17/h4-5,8-9,20H,3,6-7,18H2,1-2H3. The van der Waals surface area contributed by atoms with Crippen molar-refractivity contribution in [3.8, 4) is 0 Å². The molecule has 1 aromatic carbocycles. The largest absolute Gasteiger partial charge is 0.418 e. The lowest BCUT2D eigenvalue weighted by molar-refractivity contribution is -0.136. The van der Waals surface area contributed by atoms with E-state index in [2.05, 4.69) is 0 Å². The molecular weight excluding hydrogens is 285 g/mol. The third kappa shape index (κ3) is 4.35. The number of hydrogen-bond donors (Lipinski definition) is 2. The summed E-state index contributed by atoms with van der Waals surface area (Å²) in [4.78, 5) is 13.7. The number of rotatable bonds is 5. The summed E-state index contributed by atoms with van der Waals surface area (Å²) < 4.78 is 38.4. The lowest BCUT2D eigenvalue weighted by Crippen LogP contribution is -2.38. The topological polar surface area (TPSA) is 66.6 Å². The lowest BCUT2D eigenvalue weighted by Gasteiger charge is -2.27. The second kappa shape index (κ2) is 6.80. The molecule has 0 saturated heterocycles. The van der Waals surface area contributed by atoms with E-state index >= 15 is 0 Å². The highest BCUT2D eigenvalue weighted by atomic mass is 19.4. The van der Waals surface area contributed by atoms with Gasteiger partial charge in [0, 0.05) is 30.4 Å². The molecule has 118 valence electrons. The number of amides is 1. The molecule has 0 fully saturated rings. The molecule has 3 N–H and O–H groups in total. The first-order valence-corrected chi connectivity index (χ1v) is 6.57. The Morgan fingerprint density at radius 3 is 2.48 bits per heavy atom. The Balaban J connectivity index is 3.11. The number of hydrogen-bond acceptors (Lipinski definition) is 3. The summed E-state index contributed by atoms with van der Waals surface area (Å²) in [6.45, 7) is 3.71. The van der Waals surface area contributed by atoms with Gasteiger partial charge in [0.2, 0.25) is 0 Å². The summed E-state index contributed by atoms with van der Waals surface area (Å²) in [5, 5.41) is 8.83. The van der Waals surface area contributed by atoms with Crippen molar-refractivity contribution in [3.05, 3.63) is 29.3 Å². The number of alkyl halides is 3. The van der Waals surface area contributed by atoms with E-state index in [0.717, 1.165) is 12.1 Å². The minimum atomic E-state index is -4.60. The van der Waals surface area contributed by atoms with Crippen molar-refractivity contribution in [1.82, 2.24) is 4.90 Å². The maximum atomic E-state index is 12.8. The maximum absolute atomic E-state index is 12.8. The molecular formula is C14H19F3N2O2. The molecule has 0 aliphatic carbocycles. The Bertz CT molecular complexity index is 501. The first kappa shape index (κ1) is 17.3. The van der Waals surface area contributed by atoms with Crippen molar-refractivity contribution >= 4 is 11.6 Å². The van der Waals surface area contributed by atoms with Crippen LogP contribution >= 0.6 is 0 Å². The second-order valence-electron chi connectivity index (χ2n) is 4.97. The van der Waals surface area contributed by atoms with Gasteiger partial charge in [0.25, 0.3) is 5.91 Å². The van der Waals surface area contributed by atoms with Gasteiger partial charge in [-0.3, -0.25) is 4.79 Å². The number of nitrogens with zero attached hydrogens (tertiary/aromatic N) is 1. The van der Waals surface area contributed by atoms with Crippen LogP contribution in [0.25, 0.3) is 0 Å². The average Bonchev–Trinajstić information content (AvgIpc) is 2.37. The van der Waals surface area contributed by atoms with Gasteiger partial charge in [0.1, 0.15) is 0 Å². The summed E-state index contributed by atoms with van der Waals surface area (Å²) in [5.41, 5.74) is 3.82. The van der Waals surface area contributed by atoms with E-state index < -0.39 is 23.3 Å². The molecule has 0 spiro atoms. The number of aliphatic hydroxyl groups excluding tert-OH is 1. The van der Waals surface area contributed by atoms with E-state index in [4.69, 9.17) is 10.8 Å². The predicted molar refractivity (Wildman–Crippen MR) is 73.7 cm³/mol. The van der Waals surface area contributed by atoms with E-state index in [1.165, 1.54) is 11.0 Å². The van der Waals surface area contributed by atoms with Crippen LogP contribution in [0.3, 0.4) is 0 Å². The van der Waals surface area contributed by atoms with Crippen molar-refractivity contribution < 1.29 is 23.1 Å².